The highest BCUT2D eigenvalue weighted by Gasteiger charge is 2.16. The van der Waals surface area contributed by atoms with E-state index in [2.05, 4.69) is 10.6 Å². The molecular weight excluding hydrogens is 362 g/mol. The summed E-state index contributed by atoms with van der Waals surface area (Å²) >= 11 is 5.97. The van der Waals surface area contributed by atoms with E-state index >= 15 is 0 Å². The smallest absolute Gasteiger partial charge is 0.411 e. The Morgan fingerprint density at radius 2 is 1.85 bits per heavy atom. The van der Waals surface area contributed by atoms with E-state index in [0.717, 1.165) is 6.07 Å². The first kappa shape index (κ1) is 19.2. The molecule has 0 aromatic heterocycles. The molecule has 2 N–H and O–H groups in total. The van der Waals surface area contributed by atoms with Gasteiger partial charge in [0.1, 0.15) is 0 Å². The first-order chi connectivity index (χ1) is 12.3. The van der Waals surface area contributed by atoms with Crippen molar-refractivity contribution in [3.8, 4) is 0 Å². The van der Waals surface area contributed by atoms with Gasteiger partial charge < -0.3 is 10.1 Å². The molecule has 2 aromatic rings. The van der Waals surface area contributed by atoms with E-state index in [4.69, 9.17) is 16.3 Å². The SMILES string of the molecule is CCOC(=O)Nc1cccc(NC(=O)c2ccc([N+](=O)[O-])cc2Cl)c1C. The summed E-state index contributed by atoms with van der Waals surface area (Å²) in [4.78, 5) is 34.1. The Hall–Kier alpha value is -3.13. The number of anilines is 2. The molecule has 0 bridgehead atoms. The van der Waals surface area contributed by atoms with Crippen LogP contribution >= 0.6 is 11.6 Å². The maximum absolute atomic E-state index is 12.4. The molecule has 0 aliphatic carbocycles. The molecule has 136 valence electrons. The summed E-state index contributed by atoms with van der Waals surface area (Å²) in [5.41, 5.74) is 1.45. The van der Waals surface area contributed by atoms with Crippen LogP contribution in [0, 0.1) is 17.0 Å². The molecule has 0 aliphatic rings. The number of hydrogen-bond acceptors (Lipinski definition) is 5. The predicted molar refractivity (Wildman–Crippen MR) is 97.9 cm³/mol. The number of hydrogen-bond donors (Lipinski definition) is 2. The van der Waals surface area contributed by atoms with Crippen molar-refractivity contribution in [1.82, 2.24) is 0 Å². The van der Waals surface area contributed by atoms with Crippen LogP contribution in [0.3, 0.4) is 0 Å². The van der Waals surface area contributed by atoms with Gasteiger partial charge in [-0.15, -0.1) is 0 Å². The van der Waals surface area contributed by atoms with E-state index < -0.39 is 16.9 Å². The van der Waals surface area contributed by atoms with Gasteiger partial charge in [-0.05, 0) is 37.6 Å². The molecular formula is C17H16ClN3O5. The van der Waals surface area contributed by atoms with Crippen LogP contribution in [0.5, 0.6) is 0 Å². The Balaban J connectivity index is 2.22. The predicted octanol–water partition coefficient (Wildman–Crippen LogP) is 4.38. The molecule has 0 fully saturated rings. The standard InChI is InChI=1S/C17H16ClN3O5/c1-3-26-17(23)20-15-6-4-5-14(10(15)2)19-16(22)12-8-7-11(21(24)25)9-13(12)18/h4-9H,3H2,1-2H3,(H,19,22)(H,20,23). The Morgan fingerprint density at radius 1 is 1.19 bits per heavy atom. The van der Waals surface area contributed by atoms with Gasteiger partial charge in [-0.3, -0.25) is 20.2 Å². The Kier molecular flexibility index (Phi) is 6.13. The number of amides is 2. The van der Waals surface area contributed by atoms with Gasteiger partial charge >= 0.3 is 6.09 Å². The fraction of sp³-hybridized carbons (Fsp3) is 0.176. The zero-order valence-corrected chi connectivity index (χ0v) is 14.8. The highest BCUT2D eigenvalue weighted by atomic mass is 35.5. The summed E-state index contributed by atoms with van der Waals surface area (Å²) in [6, 6.07) is 8.57. The molecule has 0 spiro atoms. The monoisotopic (exact) mass is 377 g/mol. The fourth-order valence-electron chi connectivity index (χ4n) is 2.17. The number of ether oxygens (including phenoxy) is 1. The van der Waals surface area contributed by atoms with E-state index in [-0.39, 0.29) is 22.9 Å². The molecule has 0 heterocycles. The average Bonchev–Trinajstić information content (AvgIpc) is 2.58. The second kappa shape index (κ2) is 8.30. The molecule has 9 heteroatoms. The zero-order valence-electron chi connectivity index (χ0n) is 14.0. The van der Waals surface area contributed by atoms with Crippen LogP contribution in [0.2, 0.25) is 5.02 Å². The molecule has 26 heavy (non-hydrogen) atoms. The number of nitro groups is 1. The van der Waals surface area contributed by atoms with Crippen LogP contribution < -0.4 is 10.6 Å². The van der Waals surface area contributed by atoms with Crippen LogP contribution in [0.25, 0.3) is 0 Å². The van der Waals surface area contributed by atoms with Crippen molar-refractivity contribution in [2.45, 2.75) is 13.8 Å². The topological polar surface area (TPSA) is 111 Å². The van der Waals surface area contributed by atoms with E-state index in [1.807, 2.05) is 0 Å². The number of nitrogens with zero attached hydrogens (tertiary/aromatic N) is 1. The third-order valence-electron chi connectivity index (χ3n) is 3.50. The fourth-order valence-corrected chi connectivity index (χ4v) is 2.44. The minimum atomic E-state index is -0.600. The highest BCUT2D eigenvalue weighted by Crippen LogP contribution is 2.26. The first-order valence-corrected chi connectivity index (χ1v) is 8.00. The lowest BCUT2D eigenvalue weighted by molar-refractivity contribution is -0.384. The number of carbonyl (C=O) groups is 2. The molecule has 2 amide bonds. The second-order valence-electron chi connectivity index (χ2n) is 5.20. The van der Waals surface area contributed by atoms with Crippen molar-refractivity contribution in [1.29, 1.82) is 0 Å². The average molecular weight is 378 g/mol. The lowest BCUT2D eigenvalue weighted by Gasteiger charge is -2.13. The van der Waals surface area contributed by atoms with Gasteiger partial charge in [-0.2, -0.15) is 0 Å². The van der Waals surface area contributed by atoms with E-state index in [0.29, 0.717) is 16.9 Å². The lowest BCUT2D eigenvalue weighted by Crippen LogP contribution is -2.16. The number of nitrogens with one attached hydrogen (secondary N) is 2. The number of nitro benzene ring substituents is 1. The molecule has 0 atom stereocenters. The largest absolute Gasteiger partial charge is 0.450 e. The molecule has 0 radical (unpaired) electrons. The molecule has 2 rings (SSSR count). The first-order valence-electron chi connectivity index (χ1n) is 7.62. The Labute approximate surface area is 154 Å². The number of halogens is 1. The van der Waals surface area contributed by atoms with Crippen LogP contribution in [-0.4, -0.2) is 23.5 Å². The Morgan fingerprint density at radius 3 is 2.42 bits per heavy atom. The van der Waals surface area contributed by atoms with Crippen molar-refractivity contribution in [2.75, 3.05) is 17.2 Å². The summed E-state index contributed by atoms with van der Waals surface area (Å²) in [6.07, 6.45) is -0.600. The van der Waals surface area contributed by atoms with Crippen molar-refractivity contribution in [2.24, 2.45) is 0 Å². The minimum Gasteiger partial charge on any atom is -0.450 e. The highest BCUT2D eigenvalue weighted by molar-refractivity contribution is 6.34. The van der Waals surface area contributed by atoms with Gasteiger partial charge in [-0.25, -0.2) is 4.79 Å². The molecule has 0 aliphatic heterocycles. The van der Waals surface area contributed by atoms with Crippen LogP contribution in [0.15, 0.2) is 36.4 Å². The zero-order chi connectivity index (χ0) is 19.3. The third-order valence-corrected chi connectivity index (χ3v) is 3.81. The van der Waals surface area contributed by atoms with E-state index in [9.17, 15) is 19.7 Å². The van der Waals surface area contributed by atoms with Gasteiger partial charge in [0.25, 0.3) is 11.6 Å². The van der Waals surface area contributed by atoms with Gasteiger partial charge in [0.15, 0.2) is 0 Å². The second-order valence-corrected chi connectivity index (χ2v) is 5.61. The van der Waals surface area contributed by atoms with Gasteiger partial charge in [0.2, 0.25) is 0 Å². The van der Waals surface area contributed by atoms with Crippen LogP contribution in [-0.2, 0) is 4.74 Å². The summed E-state index contributed by atoms with van der Waals surface area (Å²) in [5, 5.41) is 16.0. The lowest BCUT2D eigenvalue weighted by atomic mass is 10.1. The number of rotatable bonds is 5. The maximum Gasteiger partial charge on any atom is 0.411 e. The summed E-state index contributed by atoms with van der Waals surface area (Å²) in [6.45, 7) is 3.64. The van der Waals surface area contributed by atoms with Gasteiger partial charge in [0.05, 0.1) is 22.1 Å². The number of non-ortho nitro benzene ring substituents is 1. The van der Waals surface area contributed by atoms with E-state index in [1.54, 1.807) is 32.0 Å². The quantitative estimate of drug-likeness (QED) is 0.593. The van der Waals surface area contributed by atoms with Crippen LogP contribution in [0.4, 0.5) is 21.9 Å². The minimum absolute atomic E-state index is 0.0323. The summed E-state index contributed by atoms with van der Waals surface area (Å²) in [5.74, 6) is -0.527. The third kappa shape index (κ3) is 4.48. The summed E-state index contributed by atoms with van der Waals surface area (Å²) < 4.78 is 4.83. The van der Waals surface area contributed by atoms with E-state index in [1.165, 1.54) is 12.1 Å². The normalized spacial score (nSPS) is 10.1. The molecule has 2 aromatic carbocycles. The van der Waals surface area contributed by atoms with Crippen molar-refractivity contribution < 1.29 is 19.2 Å². The van der Waals surface area contributed by atoms with Gasteiger partial charge in [-0.1, -0.05) is 17.7 Å². The van der Waals surface area contributed by atoms with Crippen LogP contribution in [0.1, 0.15) is 22.8 Å². The molecule has 0 saturated carbocycles. The van der Waals surface area contributed by atoms with Crippen molar-refractivity contribution in [3.05, 3.63) is 62.7 Å². The number of benzene rings is 2. The van der Waals surface area contributed by atoms with Gasteiger partial charge in [0, 0.05) is 23.5 Å². The molecule has 8 nitrogen and oxygen atoms in total. The van der Waals surface area contributed by atoms with Crippen molar-refractivity contribution >= 4 is 40.7 Å². The van der Waals surface area contributed by atoms with Crippen molar-refractivity contribution in [3.63, 3.8) is 0 Å². The Bertz CT molecular complexity index is 869. The molecule has 0 saturated heterocycles. The number of carbonyl (C=O) groups excluding carboxylic acids is 2. The molecule has 0 unspecified atom stereocenters. The maximum atomic E-state index is 12.4. The summed E-state index contributed by atoms with van der Waals surface area (Å²) in [7, 11) is 0.